The Labute approximate surface area is 166 Å². The van der Waals surface area contributed by atoms with Gasteiger partial charge in [0.1, 0.15) is 11.9 Å². The van der Waals surface area contributed by atoms with E-state index < -0.39 is 6.10 Å². The highest BCUT2D eigenvalue weighted by Gasteiger charge is 2.22. The molecule has 0 unspecified atom stereocenters. The molecule has 0 aliphatic carbocycles. The molecule has 1 heterocycles. The summed E-state index contributed by atoms with van der Waals surface area (Å²) >= 11 is 1.45. The minimum absolute atomic E-state index is 0.261. The summed E-state index contributed by atoms with van der Waals surface area (Å²) in [4.78, 5) is 0. The van der Waals surface area contributed by atoms with Gasteiger partial charge in [0.15, 0.2) is 11.0 Å². The van der Waals surface area contributed by atoms with Crippen molar-refractivity contribution in [3.63, 3.8) is 0 Å². The second-order valence-corrected chi connectivity index (χ2v) is 7.19. The van der Waals surface area contributed by atoms with E-state index in [0.29, 0.717) is 16.7 Å². The summed E-state index contributed by atoms with van der Waals surface area (Å²) in [5.74, 6) is 0.728. The molecule has 0 aliphatic heterocycles. The number of benzene rings is 3. The Kier molecular flexibility index (Phi) is 5.50. The predicted octanol–water partition coefficient (Wildman–Crippen LogP) is 4.78. The Morgan fingerprint density at radius 2 is 1.61 bits per heavy atom. The Hall–Kier alpha value is -2.96. The molecule has 140 valence electrons. The second kappa shape index (κ2) is 8.37. The average Bonchev–Trinajstić information content (AvgIpc) is 3.17. The number of para-hydroxylation sites is 1. The zero-order chi connectivity index (χ0) is 19.3. The Bertz CT molecular complexity index is 1050. The van der Waals surface area contributed by atoms with Crippen molar-refractivity contribution in [2.45, 2.75) is 17.0 Å². The van der Waals surface area contributed by atoms with Crippen LogP contribution in [0, 0.1) is 5.82 Å². The van der Waals surface area contributed by atoms with E-state index in [1.54, 1.807) is 6.07 Å². The molecule has 0 bridgehead atoms. The number of hydrogen-bond donors (Lipinski definition) is 1. The third-order valence-corrected chi connectivity index (χ3v) is 5.29. The van der Waals surface area contributed by atoms with Gasteiger partial charge in [-0.05, 0) is 35.4 Å². The first kappa shape index (κ1) is 18.4. The number of halogens is 1. The van der Waals surface area contributed by atoms with Gasteiger partial charge in [-0.25, -0.2) is 4.39 Å². The maximum atomic E-state index is 13.5. The molecule has 4 aromatic rings. The first-order valence-electron chi connectivity index (χ1n) is 8.83. The monoisotopic (exact) mass is 391 g/mol. The molecule has 1 N–H and O–H groups in total. The van der Waals surface area contributed by atoms with E-state index in [0.717, 1.165) is 16.8 Å². The van der Waals surface area contributed by atoms with Crippen LogP contribution in [-0.4, -0.2) is 19.9 Å². The van der Waals surface area contributed by atoms with Gasteiger partial charge in [0, 0.05) is 11.4 Å². The Balaban J connectivity index is 1.70. The highest BCUT2D eigenvalue weighted by Crippen LogP contribution is 2.29. The zero-order valence-corrected chi connectivity index (χ0v) is 15.8. The largest absolute Gasteiger partial charge is 0.380 e. The summed E-state index contributed by atoms with van der Waals surface area (Å²) in [7, 11) is 0. The molecule has 28 heavy (non-hydrogen) atoms. The van der Waals surface area contributed by atoms with E-state index in [2.05, 4.69) is 10.2 Å². The molecule has 0 saturated heterocycles. The SMILES string of the molecule is O[C@H](c1ccccc1)c1nnc(SCc2cccc(F)c2)n1-c1ccccc1. The zero-order valence-electron chi connectivity index (χ0n) is 14.9. The molecule has 0 spiro atoms. The van der Waals surface area contributed by atoms with E-state index in [4.69, 9.17) is 0 Å². The van der Waals surface area contributed by atoms with Crippen LogP contribution in [0.25, 0.3) is 5.69 Å². The van der Waals surface area contributed by atoms with Crippen molar-refractivity contribution in [2.75, 3.05) is 0 Å². The summed E-state index contributed by atoms with van der Waals surface area (Å²) in [5, 5.41) is 20.1. The molecule has 6 heteroatoms. The van der Waals surface area contributed by atoms with Crippen LogP contribution in [0.4, 0.5) is 4.39 Å². The molecular weight excluding hydrogens is 373 g/mol. The Morgan fingerprint density at radius 3 is 2.32 bits per heavy atom. The molecule has 4 rings (SSSR count). The third kappa shape index (κ3) is 3.98. The van der Waals surface area contributed by atoms with Gasteiger partial charge >= 0.3 is 0 Å². The lowest BCUT2D eigenvalue weighted by molar-refractivity contribution is 0.207. The number of hydrogen-bond acceptors (Lipinski definition) is 4. The van der Waals surface area contributed by atoms with Gasteiger partial charge in [-0.15, -0.1) is 10.2 Å². The fraction of sp³-hybridized carbons (Fsp3) is 0.0909. The summed E-state index contributed by atoms with van der Waals surface area (Å²) in [6.45, 7) is 0. The van der Waals surface area contributed by atoms with Crippen LogP contribution in [0.1, 0.15) is 23.1 Å². The van der Waals surface area contributed by atoms with Gasteiger partial charge in [0.25, 0.3) is 0 Å². The highest BCUT2D eigenvalue weighted by molar-refractivity contribution is 7.98. The summed E-state index contributed by atoms with van der Waals surface area (Å²) in [6.07, 6.45) is -0.905. The van der Waals surface area contributed by atoms with Crippen molar-refractivity contribution in [2.24, 2.45) is 0 Å². The fourth-order valence-electron chi connectivity index (χ4n) is 2.93. The van der Waals surface area contributed by atoms with Crippen LogP contribution in [0.15, 0.2) is 90.1 Å². The van der Waals surface area contributed by atoms with Crippen molar-refractivity contribution in [3.05, 3.63) is 108 Å². The molecule has 0 radical (unpaired) electrons. The highest BCUT2D eigenvalue weighted by atomic mass is 32.2. The molecular formula is C22H18FN3OS. The van der Waals surface area contributed by atoms with E-state index in [-0.39, 0.29) is 5.82 Å². The van der Waals surface area contributed by atoms with Gasteiger partial charge in [-0.2, -0.15) is 0 Å². The maximum absolute atomic E-state index is 13.5. The lowest BCUT2D eigenvalue weighted by atomic mass is 10.1. The van der Waals surface area contributed by atoms with E-state index in [9.17, 15) is 9.50 Å². The lowest BCUT2D eigenvalue weighted by Crippen LogP contribution is -2.09. The molecule has 3 aromatic carbocycles. The molecule has 0 saturated carbocycles. The van der Waals surface area contributed by atoms with Crippen LogP contribution in [0.3, 0.4) is 0 Å². The number of rotatable bonds is 6. The van der Waals surface area contributed by atoms with Crippen LogP contribution >= 0.6 is 11.8 Å². The van der Waals surface area contributed by atoms with E-state index in [1.807, 2.05) is 71.3 Å². The van der Waals surface area contributed by atoms with Gasteiger partial charge < -0.3 is 5.11 Å². The molecule has 0 amide bonds. The van der Waals surface area contributed by atoms with Crippen LogP contribution in [-0.2, 0) is 5.75 Å². The lowest BCUT2D eigenvalue weighted by Gasteiger charge is -2.14. The number of aliphatic hydroxyl groups excluding tert-OH is 1. The maximum Gasteiger partial charge on any atom is 0.196 e. The van der Waals surface area contributed by atoms with Crippen molar-refractivity contribution in [1.29, 1.82) is 0 Å². The third-order valence-electron chi connectivity index (χ3n) is 4.29. The first-order valence-corrected chi connectivity index (χ1v) is 9.82. The smallest absolute Gasteiger partial charge is 0.196 e. The molecule has 1 aromatic heterocycles. The molecule has 1 atom stereocenters. The van der Waals surface area contributed by atoms with E-state index >= 15 is 0 Å². The van der Waals surface area contributed by atoms with Crippen molar-refractivity contribution in [1.82, 2.24) is 14.8 Å². The number of aliphatic hydroxyl groups is 1. The van der Waals surface area contributed by atoms with Crippen molar-refractivity contribution < 1.29 is 9.50 Å². The van der Waals surface area contributed by atoms with E-state index in [1.165, 1.54) is 23.9 Å². The van der Waals surface area contributed by atoms with Crippen LogP contribution in [0.5, 0.6) is 0 Å². The first-order chi connectivity index (χ1) is 13.7. The number of aromatic nitrogens is 3. The minimum atomic E-state index is -0.905. The van der Waals surface area contributed by atoms with Gasteiger partial charge in [0.2, 0.25) is 0 Å². The van der Waals surface area contributed by atoms with Gasteiger partial charge in [-0.1, -0.05) is 72.4 Å². The van der Waals surface area contributed by atoms with Gasteiger partial charge in [-0.3, -0.25) is 4.57 Å². The van der Waals surface area contributed by atoms with Crippen molar-refractivity contribution in [3.8, 4) is 5.69 Å². The quantitative estimate of drug-likeness (QED) is 0.481. The average molecular weight is 391 g/mol. The molecule has 0 aliphatic rings. The summed E-state index contributed by atoms with van der Waals surface area (Å²) in [6, 6.07) is 25.5. The molecule has 0 fully saturated rings. The Morgan fingerprint density at radius 1 is 0.893 bits per heavy atom. The second-order valence-electron chi connectivity index (χ2n) is 6.24. The van der Waals surface area contributed by atoms with Gasteiger partial charge in [0.05, 0.1) is 0 Å². The number of nitrogens with zero attached hydrogens (tertiary/aromatic N) is 3. The minimum Gasteiger partial charge on any atom is -0.380 e. The van der Waals surface area contributed by atoms with Crippen LogP contribution < -0.4 is 0 Å². The van der Waals surface area contributed by atoms with Crippen molar-refractivity contribution >= 4 is 11.8 Å². The molecule has 4 nitrogen and oxygen atoms in total. The predicted molar refractivity (Wildman–Crippen MR) is 108 cm³/mol. The summed E-state index contributed by atoms with van der Waals surface area (Å²) < 4.78 is 15.3. The fourth-order valence-corrected chi connectivity index (χ4v) is 3.83. The summed E-state index contributed by atoms with van der Waals surface area (Å²) in [5.41, 5.74) is 2.46. The normalized spacial score (nSPS) is 12.1. The van der Waals surface area contributed by atoms with Crippen LogP contribution in [0.2, 0.25) is 0 Å². The standard InChI is InChI=1S/C22H18FN3OS/c23-18-11-7-8-16(14-18)15-28-22-25-24-21(20(27)17-9-3-1-4-10-17)26(22)19-12-5-2-6-13-19/h1-14,20,27H,15H2/t20-/m1/s1. The topological polar surface area (TPSA) is 50.9 Å². The number of thioether (sulfide) groups is 1.